The van der Waals surface area contributed by atoms with Gasteiger partial charge in [-0.2, -0.15) is 0 Å². The highest BCUT2D eigenvalue weighted by Gasteiger charge is 2.26. The number of carbonyl (C=O) groups is 1. The lowest BCUT2D eigenvalue weighted by Crippen LogP contribution is -2.34. The van der Waals surface area contributed by atoms with Crippen molar-refractivity contribution in [2.45, 2.75) is 31.8 Å². The maximum absolute atomic E-state index is 11.2. The summed E-state index contributed by atoms with van der Waals surface area (Å²) in [6.07, 6.45) is 1.12. The molecule has 144 valence electrons. The number of nitrogens with zero attached hydrogens (tertiary/aromatic N) is 1. The molecule has 4 heteroatoms. The maximum Gasteiger partial charge on any atom is 0.307 e. The molecular weight excluding hydrogens is 348 g/mol. The molecule has 0 spiro atoms. The zero-order valence-corrected chi connectivity index (χ0v) is 16.1. The fourth-order valence-electron chi connectivity index (χ4n) is 4.32. The second kappa shape index (κ2) is 8.03. The summed E-state index contributed by atoms with van der Waals surface area (Å²) in [6, 6.07) is 23.5. The monoisotopic (exact) mass is 374 g/mol. The van der Waals surface area contributed by atoms with E-state index < -0.39 is 5.97 Å². The van der Waals surface area contributed by atoms with Gasteiger partial charge >= 0.3 is 5.97 Å². The van der Waals surface area contributed by atoms with Gasteiger partial charge in [0.05, 0.1) is 6.42 Å². The van der Waals surface area contributed by atoms with Gasteiger partial charge in [-0.15, -0.1) is 0 Å². The SMILES string of the molecule is C[C@@H](N[C@H]1CCN(c2ccccc2CC(=O)O)C1)c1cccc2ccccc12. The molecule has 3 aromatic rings. The van der Waals surface area contributed by atoms with Crippen molar-refractivity contribution in [2.75, 3.05) is 18.0 Å². The number of carboxylic acid groups (broad SMARTS) is 1. The Labute approximate surface area is 165 Å². The van der Waals surface area contributed by atoms with Gasteiger partial charge in [-0.05, 0) is 41.3 Å². The highest BCUT2D eigenvalue weighted by Crippen LogP contribution is 2.28. The molecule has 1 aliphatic heterocycles. The van der Waals surface area contributed by atoms with E-state index in [2.05, 4.69) is 59.6 Å². The first-order chi connectivity index (χ1) is 13.6. The van der Waals surface area contributed by atoms with Gasteiger partial charge in [-0.3, -0.25) is 4.79 Å². The molecule has 28 heavy (non-hydrogen) atoms. The van der Waals surface area contributed by atoms with E-state index in [1.807, 2.05) is 24.3 Å². The van der Waals surface area contributed by atoms with E-state index in [0.29, 0.717) is 6.04 Å². The molecule has 1 fully saturated rings. The molecule has 0 saturated carbocycles. The van der Waals surface area contributed by atoms with Gasteiger partial charge < -0.3 is 15.3 Å². The van der Waals surface area contributed by atoms with Crippen molar-refractivity contribution in [2.24, 2.45) is 0 Å². The average Bonchev–Trinajstić information content (AvgIpc) is 3.15. The molecule has 1 saturated heterocycles. The van der Waals surface area contributed by atoms with Crippen molar-refractivity contribution in [3.05, 3.63) is 77.9 Å². The number of anilines is 1. The highest BCUT2D eigenvalue weighted by molar-refractivity contribution is 5.86. The van der Waals surface area contributed by atoms with Crippen LogP contribution in [0.3, 0.4) is 0 Å². The van der Waals surface area contributed by atoms with Crippen molar-refractivity contribution in [3.8, 4) is 0 Å². The van der Waals surface area contributed by atoms with Gasteiger partial charge in [0, 0.05) is 30.9 Å². The molecule has 0 aliphatic carbocycles. The zero-order valence-electron chi connectivity index (χ0n) is 16.1. The Balaban J connectivity index is 1.47. The minimum Gasteiger partial charge on any atom is -0.481 e. The first-order valence-electron chi connectivity index (χ1n) is 9.90. The Morgan fingerprint density at radius 3 is 2.71 bits per heavy atom. The van der Waals surface area contributed by atoms with Gasteiger partial charge in [0.2, 0.25) is 0 Å². The number of hydrogen-bond acceptors (Lipinski definition) is 3. The first kappa shape index (κ1) is 18.5. The van der Waals surface area contributed by atoms with E-state index in [-0.39, 0.29) is 12.5 Å². The largest absolute Gasteiger partial charge is 0.481 e. The van der Waals surface area contributed by atoms with Crippen LogP contribution in [-0.4, -0.2) is 30.2 Å². The Morgan fingerprint density at radius 1 is 1.11 bits per heavy atom. The van der Waals surface area contributed by atoms with Gasteiger partial charge in [0.25, 0.3) is 0 Å². The van der Waals surface area contributed by atoms with Crippen molar-refractivity contribution in [3.63, 3.8) is 0 Å². The molecule has 4 rings (SSSR count). The van der Waals surface area contributed by atoms with Gasteiger partial charge in [-0.1, -0.05) is 60.7 Å². The number of benzene rings is 3. The molecule has 3 aromatic carbocycles. The lowest BCUT2D eigenvalue weighted by molar-refractivity contribution is -0.136. The summed E-state index contributed by atoms with van der Waals surface area (Å²) in [5, 5.41) is 15.5. The number of nitrogens with one attached hydrogen (secondary N) is 1. The second-order valence-corrected chi connectivity index (χ2v) is 7.59. The number of aliphatic carboxylic acids is 1. The molecule has 2 atom stereocenters. The zero-order chi connectivity index (χ0) is 19.5. The summed E-state index contributed by atoms with van der Waals surface area (Å²) in [6.45, 7) is 4.06. The van der Waals surface area contributed by atoms with Crippen LogP contribution in [0.15, 0.2) is 66.7 Å². The molecule has 0 unspecified atom stereocenters. The van der Waals surface area contributed by atoms with E-state index in [0.717, 1.165) is 30.8 Å². The summed E-state index contributed by atoms with van der Waals surface area (Å²) < 4.78 is 0. The highest BCUT2D eigenvalue weighted by atomic mass is 16.4. The summed E-state index contributed by atoms with van der Waals surface area (Å²) >= 11 is 0. The standard InChI is InChI=1S/C24H26N2O2/c1-17(21-11-6-9-18-7-2-4-10-22(18)21)25-20-13-14-26(16-20)23-12-5-3-8-19(23)15-24(27)28/h2-12,17,20,25H,13-16H2,1H3,(H,27,28)/t17-,20+/m1/s1. The normalized spacial score (nSPS) is 17.8. The van der Waals surface area contributed by atoms with Crippen LogP contribution < -0.4 is 10.2 Å². The van der Waals surface area contributed by atoms with E-state index in [9.17, 15) is 9.90 Å². The number of carboxylic acids is 1. The molecule has 0 radical (unpaired) electrons. The van der Waals surface area contributed by atoms with Crippen LogP contribution in [0.25, 0.3) is 10.8 Å². The van der Waals surface area contributed by atoms with Crippen molar-refractivity contribution in [1.29, 1.82) is 0 Å². The Bertz CT molecular complexity index is 980. The molecule has 4 nitrogen and oxygen atoms in total. The number of hydrogen-bond donors (Lipinski definition) is 2. The topological polar surface area (TPSA) is 52.6 Å². The van der Waals surface area contributed by atoms with Crippen LogP contribution in [0, 0.1) is 0 Å². The van der Waals surface area contributed by atoms with Gasteiger partial charge in [-0.25, -0.2) is 0 Å². The molecular formula is C24H26N2O2. The van der Waals surface area contributed by atoms with E-state index in [1.54, 1.807) is 0 Å². The lowest BCUT2D eigenvalue weighted by atomic mass is 9.99. The lowest BCUT2D eigenvalue weighted by Gasteiger charge is -2.24. The minimum absolute atomic E-state index is 0.0666. The number of fused-ring (bicyclic) bond motifs is 1. The average molecular weight is 374 g/mol. The Morgan fingerprint density at radius 2 is 1.86 bits per heavy atom. The third-order valence-electron chi connectivity index (χ3n) is 5.64. The second-order valence-electron chi connectivity index (χ2n) is 7.59. The molecule has 0 amide bonds. The van der Waals surface area contributed by atoms with Crippen LogP contribution >= 0.6 is 0 Å². The predicted octanol–water partition coefficient (Wildman–Crippen LogP) is 4.40. The van der Waals surface area contributed by atoms with E-state index >= 15 is 0 Å². The minimum atomic E-state index is -0.786. The number of rotatable bonds is 6. The van der Waals surface area contributed by atoms with Crippen LogP contribution in [-0.2, 0) is 11.2 Å². The smallest absolute Gasteiger partial charge is 0.307 e. The summed E-state index contributed by atoms with van der Waals surface area (Å²) in [4.78, 5) is 13.5. The maximum atomic E-state index is 11.2. The van der Waals surface area contributed by atoms with Crippen molar-refractivity contribution in [1.82, 2.24) is 5.32 Å². The molecule has 1 heterocycles. The van der Waals surface area contributed by atoms with Crippen LogP contribution in [0.4, 0.5) is 5.69 Å². The van der Waals surface area contributed by atoms with Gasteiger partial charge in [0.15, 0.2) is 0 Å². The van der Waals surface area contributed by atoms with E-state index in [4.69, 9.17) is 0 Å². The Hall–Kier alpha value is -2.85. The number of para-hydroxylation sites is 1. The molecule has 0 bridgehead atoms. The van der Waals surface area contributed by atoms with Gasteiger partial charge in [0.1, 0.15) is 0 Å². The first-order valence-corrected chi connectivity index (χ1v) is 9.90. The summed E-state index contributed by atoms with van der Waals surface area (Å²) in [5.41, 5.74) is 3.26. The predicted molar refractivity (Wildman–Crippen MR) is 114 cm³/mol. The Kier molecular flexibility index (Phi) is 5.31. The van der Waals surface area contributed by atoms with Crippen LogP contribution in [0.1, 0.15) is 30.5 Å². The van der Waals surface area contributed by atoms with Crippen molar-refractivity contribution < 1.29 is 9.90 Å². The molecule has 1 aliphatic rings. The summed E-state index contributed by atoms with van der Waals surface area (Å²) in [5.74, 6) is -0.786. The van der Waals surface area contributed by atoms with Crippen molar-refractivity contribution >= 4 is 22.4 Å². The fraction of sp³-hybridized carbons (Fsp3) is 0.292. The summed E-state index contributed by atoms with van der Waals surface area (Å²) in [7, 11) is 0. The third-order valence-corrected chi connectivity index (χ3v) is 5.64. The third kappa shape index (κ3) is 3.87. The molecule has 2 N–H and O–H groups in total. The molecule has 0 aromatic heterocycles. The van der Waals surface area contributed by atoms with E-state index in [1.165, 1.54) is 16.3 Å². The quantitative estimate of drug-likeness (QED) is 0.672. The van der Waals surface area contributed by atoms with Crippen LogP contribution in [0.2, 0.25) is 0 Å². The van der Waals surface area contributed by atoms with Crippen LogP contribution in [0.5, 0.6) is 0 Å². The fourth-order valence-corrected chi connectivity index (χ4v) is 4.32.